The van der Waals surface area contributed by atoms with Crippen LogP contribution in [-0.4, -0.2) is 175 Å². The van der Waals surface area contributed by atoms with Crippen LogP contribution in [0.25, 0.3) is 0 Å². The van der Waals surface area contributed by atoms with Gasteiger partial charge in [0.2, 0.25) is 23.6 Å². The molecule has 0 radical (unpaired) electrons. The minimum Gasteiger partial charge on any atom is -0.481 e. The molecule has 0 bridgehead atoms. The van der Waals surface area contributed by atoms with Gasteiger partial charge in [0.05, 0.1) is 12.7 Å². The van der Waals surface area contributed by atoms with Gasteiger partial charge in [-0.15, -0.1) is 0 Å². The highest BCUT2D eigenvalue weighted by atomic mass is 33.1. The number of anilines is 1. The summed E-state index contributed by atoms with van der Waals surface area (Å²) >= 11 is 0. The maximum Gasteiger partial charge on any atom is 0.426 e. The van der Waals surface area contributed by atoms with Crippen molar-refractivity contribution in [2.75, 3.05) is 43.1 Å². The molecule has 0 fully saturated rings. The average Bonchev–Trinajstić information content (AvgIpc) is 3.26. The summed E-state index contributed by atoms with van der Waals surface area (Å²) in [6, 6.07) is 1.85. The SMILES string of the molecule is CCNc1ccc(C(=O)N[C@@H](CCC(=O)NNC(=O)OCCSSC[C@H](NC(=O)[C@H](CCC(=O)NC[C@H](O)[C@@H](O)[C@H](O)[C@H](O)CO)NC(=O)[C@@H](C)CCC(=O)O)C(=O)O)C(=O)O)cc1. The molecule has 6 amide bonds. The summed E-state index contributed by atoms with van der Waals surface area (Å²) in [5.74, 6) is -9.15. The number of benzene rings is 1. The van der Waals surface area contributed by atoms with Gasteiger partial charge in [-0.2, -0.15) is 0 Å². The van der Waals surface area contributed by atoms with Gasteiger partial charge in [0, 0.05) is 61.0 Å². The number of amides is 6. The van der Waals surface area contributed by atoms with Crippen LogP contribution in [0.15, 0.2) is 24.3 Å². The van der Waals surface area contributed by atoms with Gasteiger partial charge < -0.3 is 72.2 Å². The molecule has 1 rings (SSSR count). The number of hydrogen-bond donors (Lipinski definition) is 15. The van der Waals surface area contributed by atoms with E-state index >= 15 is 0 Å². The van der Waals surface area contributed by atoms with E-state index in [1.165, 1.54) is 19.1 Å². The Morgan fingerprint density at radius 2 is 1.28 bits per heavy atom. The Labute approximate surface area is 374 Å². The van der Waals surface area contributed by atoms with Gasteiger partial charge in [0.15, 0.2) is 0 Å². The van der Waals surface area contributed by atoms with Gasteiger partial charge in [0.25, 0.3) is 5.91 Å². The Morgan fingerprint density at radius 1 is 0.688 bits per heavy atom. The molecule has 0 aliphatic rings. The molecule has 27 heteroatoms. The fourth-order valence-electron chi connectivity index (χ4n) is 5.05. The third-order valence-corrected chi connectivity index (χ3v) is 11.2. The van der Waals surface area contributed by atoms with Crippen molar-refractivity contribution in [1.29, 1.82) is 0 Å². The molecule has 360 valence electrons. The van der Waals surface area contributed by atoms with Gasteiger partial charge in [-0.25, -0.2) is 19.8 Å². The highest BCUT2D eigenvalue weighted by Crippen LogP contribution is 2.22. The molecule has 8 atom stereocenters. The number of aliphatic hydroxyl groups excluding tert-OH is 5. The Bertz CT molecular complexity index is 1710. The number of hydrazine groups is 1. The zero-order valence-corrected chi connectivity index (χ0v) is 36.5. The predicted molar refractivity (Wildman–Crippen MR) is 227 cm³/mol. The van der Waals surface area contributed by atoms with E-state index in [9.17, 15) is 73.8 Å². The van der Waals surface area contributed by atoms with Crippen LogP contribution in [0.3, 0.4) is 0 Å². The summed E-state index contributed by atoms with van der Waals surface area (Å²) < 4.78 is 4.93. The summed E-state index contributed by atoms with van der Waals surface area (Å²) in [5.41, 5.74) is 5.00. The van der Waals surface area contributed by atoms with Crippen molar-refractivity contribution >= 4 is 80.8 Å². The van der Waals surface area contributed by atoms with E-state index in [-0.39, 0.29) is 42.9 Å². The largest absolute Gasteiger partial charge is 0.481 e. The number of aliphatic hydroxyl groups is 5. The molecule has 0 aliphatic heterocycles. The zero-order chi connectivity index (χ0) is 48.4. The number of nitrogens with one attached hydrogen (secondary N) is 7. The van der Waals surface area contributed by atoms with Crippen molar-refractivity contribution < 1.29 is 88.7 Å². The summed E-state index contributed by atoms with van der Waals surface area (Å²) in [4.78, 5) is 110. The number of carbonyl (C=O) groups is 9. The standard InChI is InChI=1S/C37H57N7O18S2/c1-3-38-21-7-5-20(6-8-21)33(55)41-23(35(57)58)10-12-28(49)43-44-37(61)62-14-15-63-64-18-24(36(59)60)42-34(56)22(40-32(54)19(2)4-13-29(50)51)9-11-27(48)39-16-25(46)30(52)31(53)26(47)17-45/h5-8,19,22-26,30-31,38,45-47,52-53H,3-4,9-18H2,1-2H3,(H,39,48)(H,40,54)(H,41,55)(H,42,56)(H,43,49)(H,44,61)(H,50,51)(H,57,58)(H,59,60)/t19-,22-,23-,24-,25-,26+,30+,31+/m0/s1. The Kier molecular flexibility index (Phi) is 27.0. The normalized spacial score (nSPS) is 14.7. The fourth-order valence-corrected chi connectivity index (χ4v) is 7.03. The Balaban J connectivity index is 2.62. The van der Waals surface area contributed by atoms with Crippen molar-refractivity contribution in [2.45, 2.75) is 94.9 Å². The first-order chi connectivity index (χ1) is 30.2. The number of aliphatic carboxylic acids is 3. The minimum absolute atomic E-state index is 0.0961. The van der Waals surface area contributed by atoms with Gasteiger partial charge >= 0.3 is 24.0 Å². The van der Waals surface area contributed by atoms with Crippen LogP contribution in [0.5, 0.6) is 0 Å². The number of ether oxygens (including phenoxy) is 1. The van der Waals surface area contributed by atoms with E-state index in [1.54, 1.807) is 12.1 Å². The van der Waals surface area contributed by atoms with Crippen LogP contribution in [0.1, 0.15) is 62.7 Å². The summed E-state index contributed by atoms with van der Waals surface area (Å²) in [5, 5.41) is 88.6. The minimum atomic E-state index is -1.97. The third kappa shape index (κ3) is 22.8. The van der Waals surface area contributed by atoms with Crippen molar-refractivity contribution in [3.63, 3.8) is 0 Å². The second-order valence-corrected chi connectivity index (χ2v) is 16.5. The molecule has 25 nitrogen and oxygen atoms in total. The van der Waals surface area contributed by atoms with Crippen molar-refractivity contribution in [1.82, 2.24) is 32.1 Å². The monoisotopic (exact) mass is 951 g/mol. The Hall–Kier alpha value is -5.45. The van der Waals surface area contributed by atoms with E-state index in [4.69, 9.17) is 14.9 Å². The van der Waals surface area contributed by atoms with E-state index < -0.39 is 134 Å². The number of rotatable bonds is 31. The molecule has 1 aromatic carbocycles. The lowest BCUT2D eigenvalue weighted by Crippen LogP contribution is -2.53. The van der Waals surface area contributed by atoms with E-state index in [1.807, 2.05) is 17.8 Å². The first-order valence-electron chi connectivity index (χ1n) is 19.7. The van der Waals surface area contributed by atoms with Crippen LogP contribution in [-0.2, 0) is 38.3 Å². The average molecular weight is 952 g/mol. The molecular formula is C37H57N7O18S2. The molecule has 0 heterocycles. The molecule has 0 saturated heterocycles. The fraction of sp³-hybridized carbons (Fsp3) is 0.595. The van der Waals surface area contributed by atoms with Crippen molar-refractivity contribution in [2.24, 2.45) is 5.92 Å². The van der Waals surface area contributed by atoms with E-state index in [2.05, 4.69) is 26.6 Å². The first-order valence-corrected chi connectivity index (χ1v) is 22.2. The lowest BCUT2D eigenvalue weighted by molar-refractivity contribution is -0.142. The maximum atomic E-state index is 13.2. The lowest BCUT2D eigenvalue weighted by atomic mass is 10.0. The van der Waals surface area contributed by atoms with Crippen LogP contribution in [0.4, 0.5) is 10.5 Å². The molecule has 15 N–H and O–H groups in total. The van der Waals surface area contributed by atoms with Crippen LogP contribution in [0.2, 0.25) is 0 Å². The van der Waals surface area contributed by atoms with Gasteiger partial charge in [-0.3, -0.25) is 34.2 Å². The summed E-state index contributed by atoms with van der Waals surface area (Å²) in [6.07, 6.45) is -10.7. The second-order valence-electron chi connectivity index (χ2n) is 13.9. The third-order valence-electron chi connectivity index (χ3n) is 8.79. The second kappa shape index (κ2) is 30.6. The van der Waals surface area contributed by atoms with Gasteiger partial charge in [0.1, 0.15) is 43.0 Å². The summed E-state index contributed by atoms with van der Waals surface area (Å²) in [6.45, 7) is 2.15. The molecule has 0 aromatic heterocycles. The molecule has 0 saturated carbocycles. The number of carboxylic acid groups (broad SMARTS) is 3. The molecule has 64 heavy (non-hydrogen) atoms. The summed E-state index contributed by atoms with van der Waals surface area (Å²) in [7, 11) is 1.99. The molecular weight excluding hydrogens is 895 g/mol. The van der Waals surface area contributed by atoms with Gasteiger partial charge in [-0.1, -0.05) is 28.5 Å². The van der Waals surface area contributed by atoms with Crippen LogP contribution in [0, 0.1) is 5.92 Å². The first kappa shape index (κ1) is 56.6. The molecule has 0 unspecified atom stereocenters. The van der Waals surface area contributed by atoms with E-state index in [0.29, 0.717) is 6.54 Å². The number of carbonyl (C=O) groups excluding carboxylic acids is 6. The number of carboxylic acids is 3. The van der Waals surface area contributed by atoms with Crippen molar-refractivity contribution in [3.05, 3.63) is 29.8 Å². The highest BCUT2D eigenvalue weighted by molar-refractivity contribution is 8.76. The quantitative estimate of drug-likeness (QED) is 0.0202. The smallest absolute Gasteiger partial charge is 0.426 e. The van der Waals surface area contributed by atoms with Gasteiger partial charge in [-0.05, 0) is 50.5 Å². The Morgan fingerprint density at radius 3 is 1.88 bits per heavy atom. The number of hydrogen-bond acceptors (Lipinski definition) is 18. The topological polar surface area (TPSA) is 409 Å². The maximum absolute atomic E-state index is 13.2. The van der Waals surface area contributed by atoms with E-state index in [0.717, 1.165) is 27.3 Å². The highest BCUT2D eigenvalue weighted by Gasteiger charge is 2.32. The molecule has 0 spiro atoms. The van der Waals surface area contributed by atoms with Crippen LogP contribution >= 0.6 is 21.6 Å². The predicted octanol–water partition coefficient (Wildman–Crippen LogP) is -2.89. The van der Waals surface area contributed by atoms with Crippen molar-refractivity contribution in [3.8, 4) is 0 Å². The van der Waals surface area contributed by atoms with Crippen LogP contribution < -0.4 is 37.4 Å². The lowest BCUT2D eigenvalue weighted by Gasteiger charge is -2.26. The zero-order valence-electron chi connectivity index (χ0n) is 34.9. The molecule has 1 aromatic rings. The molecule has 0 aliphatic carbocycles.